The van der Waals surface area contributed by atoms with Crippen molar-refractivity contribution in [3.8, 4) is 5.75 Å². The smallest absolute Gasteiger partial charge is 0.231 e. The van der Waals surface area contributed by atoms with E-state index in [1.807, 2.05) is 38.1 Å². The number of nitrogens with two attached hydrogens (primary N) is 1. The van der Waals surface area contributed by atoms with E-state index in [0.29, 0.717) is 13.2 Å². The van der Waals surface area contributed by atoms with Gasteiger partial charge in [-0.1, -0.05) is 19.1 Å². The number of hydrogen-bond acceptors (Lipinski definition) is 3. The van der Waals surface area contributed by atoms with E-state index in [0.717, 1.165) is 11.4 Å². The van der Waals surface area contributed by atoms with Gasteiger partial charge in [0.1, 0.15) is 12.4 Å². The molecule has 2 unspecified atom stereocenters. The highest BCUT2D eigenvalue weighted by Crippen LogP contribution is 2.31. The molecule has 0 radical (unpaired) electrons. The predicted octanol–water partition coefficient (Wildman–Crippen LogP) is 1.82. The average Bonchev–Trinajstić information content (AvgIpc) is 2.36. The zero-order valence-corrected chi connectivity index (χ0v) is 11.4. The first-order valence-corrected chi connectivity index (χ1v) is 5.90. The molecule has 1 aromatic carbocycles. The third kappa shape index (κ3) is 2.76. The first-order valence-electron chi connectivity index (χ1n) is 5.90. The maximum Gasteiger partial charge on any atom is 0.231 e. The Morgan fingerprint density at radius 2 is 2.06 bits per heavy atom. The van der Waals surface area contributed by atoms with Crippen LogP contribution in [0.1, 0.15) is 13.8 Å². The molecule has 0 saturated heterocycles. The van der Waals surface area contributed by atoms with Gasteiger partial charge in [0.05, 0.1) is 18.2 Å². The number of nitrogens with zero attached hydrogens (tertiary/aromatic N) is 1. The molecule has 0 aromatic heterocycles. The number of fused-ring (bicyclic) bond motifs is 1. The number of hydrogen-bond donors (Lipinski definition) is 1. The molecular formula is C13H19ClN2O2. The molecule has 1 aliphatic heterocycles. The molecule has 100 valence electrons. The summed E-state index contributed by atoms with van der Waals surface area (Å²) in [5.74, 6) is 0.654. The maximum absolute atomic E-state index is 12.3. The highest BCUT2D eigenvalue weighted by atomic mass is 35.5. The van der Waals surface area contributed by atoms with Crippen LogP contribution in [0, 0.1) is 5.92 Å². The average molecular weight is 271 g/mol. The van der Waals surface area contributed by atoms with Crippen LogP contribution in [0.2, 0.25) is 0 Å². The second-order valence-corrected chi connectivity index (χ2v) is 4.45. The molecule has 1 aromatic rings. The summed E-state index contributed by atoms with van der Waals surface area (Å²) in [4.78, 5) is 14.1. The fourth-order valence-corrected chi connectivity index (χ4v) is 1.87. The molecule has 4 nitrogen and oxygen atoms in total. The number of carbonyl (C=O) groups is 1. The fourth-order valence-electron chi connectivity index (χ4n) is 1.87. The lowest BCUT2D eigenvalue weighted by Crippen LogP contribution is -2.45. The van der Waals surface area contributed by atoms with Crippen molar-refractivity contribution >= 4 is 24.0 Å². The van der Waals surface area contributed by atoms with E-state index < -0.39 is 0 Å². The lowest BCUT2D eigenvalue weighted by Gasteiger charge is -2.32. The molecule has 1 heterocycles. The van der Waals surface area contributed by atoms with Gasteiger partial charge in [-0.2, -0.15) is 0 Å². The van der Waals surface area contributed by atoms with Crippen molar-refractivity contribution in [3.63, 3.8) is 0 Å². The molecular weight excluding hydrogens is 252 g/mol. The monoisotopic (exact) mass is 270 g/mol. The second kappa shape index (κ2) is 6.07. The summed E-state index contributed by atoms with van der Waals surface area (Å²) in [7, 11) is 0. The highest BCUT2D eigenvalue weighted by Gasteiger charge is 2.28. The van der Waals surface area contributed by atoms with E-state index in [4.69, 9.17) is 10.5 Å². The minimum atomic E-state index is -0.179. The van der Waals surface area contributed by atoms with E-state index in [1.165, 1.54) is 0 Å². The summed E-state index contributed by atoms with van der Waals surface area (Å²) < 4.78 is 5.52. The SMILES string of the molecule is CC(N)C(C)C(=O)N1CCOc2ccccc21.Cl. The summed E-state index contributed by atoms with van der Waals surface area (Å²) in [5.41, 5.74) is 6.63. The molecule has 0 fully saturated rings. The Morgan fingerprint density at radius 3 is 2.72 bits per heavy atom. The first kappa shape index (κ1) is 14.8. The number of rotatable bonds is 2. The van der Waals surface area contributed by atoms with Crippen molar-refractivity contribution in [2.45, 2.75) is 19.9 Å². The van der Waals surface area contributed by atoms with Gasteiger partial charge in [-0.25, -0.2) is 0 Å². The zero-order valence-electron chi connectivity index (χ0n) is 10.6. The third-order valence-electron chi connectivity index (χ3n) is 3.17. The maximum atomic E-state index is 12.3. The van der Waals surface area contributed by atoms with Crippen LogP contribution in [0.15, 0.2) is 24.3 Å². The number of ether oxygens (including phenoxy) is 1. The van der Waals surface area contributed by atoms with E-state index in [-0.39, 0.29) is 30.3 Å². The van der Waals surface area contributed by atoms with Crippen LogP contribution in [0.4, 0.5) is 5.69 Å². The van der Waals surface area contributed by atoms with E-state index in [9.17, 15) is 4.79 Å². The van der Waals surface area contributed by atoms with Crippen LogP contribution in [0.25, 0.3) is 0 Å². The molecule has 0 bridgehead atoms. The summed E-state index contributed by atoms with van der Waals surface area (Å²) in [6.07, 6.45) is 0. The Labute approximate surface area is 114 Å². The van der Waals surface area contributed by atoms with Gasteiger partial charge in [0.15, 0.2) is 0 Å². The molecule has 2 atom stereocenters. The zero-order chi connectivity index (χ0) is 12.4. The minimum absolute atomic E-state index is 0. The van der Waals surface area contributed by atoms with Crippen molar-refractivity contribution in [2.75, 3.05) is 18.1 Å². The quantitative estimate of drug-likeness (QED) is 0.892. The molecule has 2 rings (SSSR count). The first-order chi connectivity index (χ1) is 8.11. The number of para-hydroxylation sites is 2. The van der Waals surface area contributed by atoms with Gasteiger partial charge < -0.3 is 15.4 Å². The molecule has 0 saturated carbocycles. The van der Waals surface area contributed by atoms with Gasteiger partial charge in [-0.05, 0) is 19.1 Å². The Balaban J connectivity index is 0.00000162. The van der Waals surface area contributed by atoms with Gasteiger partial charge in [0, 0.05) is 6.04 Å². The summed E-state index contributed by atoms with van der Waals surface area (Å²) in [5, 5.41) is 0. The van der Waals surface area contributed by atoms with Gasteiger partial charge in [-0.15, -0.1) is 12.4 Å². The van der Waals surface area contributed by atoms with Gasteiger partial charge >= 0.3 is 0 Å². The largest absolute Gasteiger partial charge is 0.490 e. The summed E-state index contributed by atoms with van der Waals surface area (Å²) in [6.45, 7) is 4.85. The van der Waals surface area contributed by atoms with Crippen LogP contribution in [-0.4, -0.2) is 25.1 Å². The van der Waals surface area contributed by atoms with Crippen LogP contribution < -0.4 is 15.4 Å². The van der Waals surface area contributed by atoms with Crippen LogP contribution in [0.5, 0.6) is 5.75 Å². The number of carbonyl (C=O) groups excluding carboxylic acids is 1. The summed E-state index contributed by atoms with van der Waals surface area (Å²) >= 11 is 0. The van der Waals surface area contributed by atoms with Crippen LogP contribution >= 0.6 is 12.4 Å². The lowest BCUT2D eigenvalue weighted by molar-refractivity contribution is -0.122. The molecule has 0 spiro atoms. The minimum Gasteiger partial charge on any atom is -0.490 e. The van der Waals surface area contributed by atoms with Crippen molar-refractivity contribution in [2.24, 2.45) is 11.7 Å². The number of benzene rings is 1. The third-order valence-corrected chi connectivity index (χ3v) is 3.17. The topological polar surface area (TPSA) is 55.6 Å². The Bertz CT molecular complexity index is 423. The molecule has 0 aliphatic carbocycles. The number of halogens is 1. The predicted molar refractivity (Wildman–Crippen MR) is 74.4 cm³/mol. The second-order valence-electron chi connectivity index (χ2n) is 4.45. The van der Waals surface area contributed by atoms with Gasteiger partial charge in [0.25, 0.3) is 0 Å². The Hall–Kier alpha value is -1.26. The van der Waals surface area contributed by atoms with Gasteiger partial charge in [0.2, 0.25) is 5.91 Å². The highest BCUT2D eigenvalue weighted by molar-refractivity contribution is 5.97. The molecule has 2 N–H and O–H groups in total. The van der Waals surface area contributed by atoms with Crippen molar-refractivity contribution in [1.29, 1.82) is 0 Å². The van der Waals surface area contributed by atoms with Crippen LogP contribution in [-0.2, 0) is 4.79 Å². The fraction of sp³-hybridized carbons (Fsp3) is 0.462. The molecule has 18 heavy (non-hydrogen) atoms. The van der Waals surface area contributed by atoms with Crippen molar-refractivity contribution in [1.82, 2.24) is 0 Å². The Kier molecular flexibility index (Phi) is 4.99. The van der Waals surface area contributed by atoms with E-state index in [1.54, 1.807) is 4.90 Å². The lowest BCUT2D eigenvalue weighted by atomic mass is 10.0. The number of amides is 1. The number of anilines is 1. The Morgan fingerprint density at radius 1 is 1.39 bits per heavy atom. The molecule has 1 aliphatic rings. The van der Waals surface area contributed by atoms with E-state index >= 15 is 0 Å². The summed E-state index contributed by atoms with van der Waals surface area (Å²) in [6, 6.07) is 7.45. The van der Waals surface area contributed by atoms with Gasteiger partial charge in [-0.3, -0.25) is 4.79 Å². The van der Waals surface area contributed by atoms with Crippen molar-refractivity contribution in [3.05, 3.63) is 24.3 Å². The normalized spacial score (nSPS) is 16.9. The van der Waals surface area contributed by atoms with Crippen LogP contribution in [0.3, 0.4) is 0 Å². The van der Waals surface area contributed by atoms with Crippen molar-refractivity contribution < 1.29 is 9.53 Å². The molecule has 1 amide bonds. The molecule has 5 heteroatoms. The van der Waals surface area contributed by atoms with E-state index in [2.05, 4.69) is 0 Å². The standard InChI is InChI=1S/C13H18N2O2.ClH/c1-9(10(2)14)13(16)15-7-8-17-12-6-4-3-5-11(12)15;/h3-6,9-10H,7-8,14H2,1-2H3;1H.